The summed E-state index contributed by atoms with van der Waals surface area (Å²) in [5.41, 5.74) is 0.485. The molecule has 0 amide bonds. The van der Waals surface area contributed by atoms with Crippen LogP contribution in [-0.2, 0) is 14.3 Å². The average Bonchev–Trinajstić information content (AvgIpc) is 2.62. The predicted molar refractivity (Wildman–Crippen MR) is 55.5 cm³/mol. The maximum Gasteiger partial charge on any atom is 0.332 e. The molecule has 0 aromatic rings. The van der Waals surface area contributed by atoms with Crippen LogP contribution < -0.4 is 5.32 Å². The molecule has 1 saturated heterocycles. The molecule has 0 bridgehead atoms. The zero-order chi connectivity index (χ0) is 10.7. The fourth-order valence-electron chi connectivity index (χ4n) is 2.56. The van der Waals surface area contributed by atoms with Crippen molar-refractivity contribution in [3.8, 4) is 0 Å². The highest BCUT2D eigenvalue weighted by Crippen LogP contribution is 2.46. The second-order valence-electron chi connectivity index (χ2n) is 4.57. The van der Waals surface area contributed by atoms with Crippen LogP contribution in [-0.4, -0.2) is 38.4 Å². The van der Waals surface area contributed by atoms with Gasteiger partial charge in [0.25, 0.3) is 0 Å². The lowest BCUT2D eigenvalue weighted by molar-refractivity contribution is -0.156. The molecule has 86 valence electrons. The Morgan fingerprint density at radius 1 is 1.53 bits per heavy atom. The summed E-state index contributed by atoms with van der Waals surface area (Å²) < 4.78 is 10.3. The molecule has 2 fully saturated rings. The van der Waals surface area contributed by atoms with Gasteiger partial charge in [-0.1, -0.05) is 0 Å². The number of ether oxygens (including phenoxy) is 2. The highest BCUT2D eigenvalue weighted by Gasteiger charge is 2.46. The van der Waals surface area contributed by atoms with Crippen molar-refractivity contribution in [3.63, 3.8) is 0 Å². The lowest BCUT2D eigenvalue weighted by Gasteiger charge is -2.44. The van der Waals surface area contributed by atoms with Gasteiger partial charge in [-0.05, 0) is 38.1 Å². The van der Waals surface area contributed by atoms with Crippen molar-refractivity contribution in [2.75, 3.05) is 26.3 Å². The van der Waals surface area contributed by atoms with Crippen molar-refractivity contribution in [2.45, 2.75) is 32.3 Å². The maximum absolute atomic E-state index is 11.0. The van der Waals surface area contributed by atoms with Crippen molar-refractivity contribution >= 4 is 5.97 Å². The topological polar surface area (TPSA) is 47.6 Å². The van der Waals surface area contributed by atoms with Crippen molar-refractivity contribution in [3.05, 3.63) is 0 Å². The van der Waals surface area contributed by atoms with Crippen LogP contribution in [0.3, 0.4) is 0 Å². The lowest BCUT2D eigenvalue weighted by Crippen LogP contribution is -2.44. The monoisotopic (exact) mass is 213 g/mol. The average molecular weight is 213 g/mol. The summed E-state index contributed by atoms with van der Waals surface area (Å²) in [7, 11) is 0. The first-order valence-corrected chi connectivity index (χ1v) is 5.72. The van der Waals surface area contributed by atoms with Gasteiger partial charge in [0.1, 0.15) is 6.61 Å². The maximum atomic E-state index is 11.0. The van der Waals surface area contributed by atoms with Crippen LogP contribution in [0.4, 0.5) is 0 Å². The Kier molecular flexibility index (Phi) is 3.26. The van der Waals surface area contributed by atoms with E-state index in [1.807, 2.05) is 0 Å². The number of esters is 1. The van der Waals surface area contributed by atoms with E-state index in [0.717, 1.165) is 25.9 Å². The zero-order valence-corrected chi connectivity index (χ0v) is 9.25. The molecule has 0 radical (unpaired) electrons. The van der Waals surface area contributed by atoms with Gasteiger partial charge in [0.05, 0.1) is 12.7 Å². The van der Waals surface area contributed by atoms with Gasteiger partial charge in [-0.25, -0.2) is 4.79 Å². The minimum Gasteiger partial charge on any atom is -0.464 e. The third-order valence-corrected chi connectivity index (χ3v) is 3.40. The SMILES string of the molecule is CCOC(=O)COC1CC2(CCNC2)C1. The molecule has 4 nitrogen and oxygen atoms in total. The van der Waals surface area contributed by atoms with Gasteiger partial charge in [0.15, 0.2) is 0 Å². The Morgan fingerprint density at radius 2 is 2.33 bits per heavy atom. The van der Waals surface area contributed by atoms with Crippen LogP contribution >= 0.6 is 0 Å². The molecule has 0 atom stereocenters. The lowest BCUT2D eigenvalue weighted by atomic mass is 9.66. The van der Waals surface area contributed by atoms with Crippen molar-refractivity contribution in [1.29, 1.82) is 0 Å². The van der Waals surface area contributed by atoms with Gasteiger partial charge in [0.2, 0.25) is 0 Å². The molecule has 1 heterocycles. The van der Waals surface area contributed by atoms with Crippen molar-refractivity contribution in [1.82, 2.24) is 5.32 Å². The normalized spacial score (nSPS) is 34.1. The molecule has 2 aliphatic rings. The number of rotatable bonds is 4. The van der Waals surface area contributed by atoms with E-state index in [9.17, 15) is 4.79 Å². The Bertz CT molecular complexity index is 228. The van der Waals surface area contributed by atoms with Crippen LogP contribution in [0.5, 0.6) is 0 Å². The fraction of sp³-hybridized carbons (Fsp3) is 0.909. The van der Waals surface area contributed by atoms with Gasteiger partial charge in [-0.3, -0.25) is 0 Å². The summed E-state index contributed by atoms with van der Waals surface area (Å²) >= 11 is 0. The van der Waals surface area contributed by atoms with E-state index in [1.54, 1.807) is 6.92 Å². The molecule has 1 spiro atoms. The Labute approximate surface area is 90.3 Å². The highest BCUT2D eigenvalue weighted by atomic mass is 16.6. The number of nitrogens with one attached hydrogen (secondary N) is 1. The first-order chi connectivity index (χ1) is 7.24. The second kappa shape index (κ2) is 4.49. The third kappa shape index (κ3) is 2.49. The molecule has 2 rings (SSSR count). The fourth-order valence-corrected chi connectivity index (χ4v) is 2.56. The van der Waals surface area contributed by atoms with E-state index in [4.69, 9.17) is 9.47 Å². The van der Waals surface area contributed by atoms with Crippen LogP contribution in [0.1, 0.15) is 26.2 Å². The predicted octanol–water partition coefficient (Wildman–Crippen LogP) is 0.708. The standard InChI is InChI=1S/C11H19NO3/c1-2-14-10(13)7-15-9-5-11(6-9)3-4-12-8-11/h9,12H,2-8H2,1H3. The van der Waals surface area contributed by atoms with Crippen LogP contribution in [0, 0.1) is 5.41 Å². The van der Waals surface area contributed by atoms with Gasteiger partial charge in [0, 0.05) is 6.54 Å². The molecule has 0 aromatic heterocycles. The molecule has 1 aliphatic heterocycles. The Balaban J connectivity index is 1.61. The largest absolute Gasteiger partial charge is 0.464 e. The van der Waals surface area contributed by atoms with E-state index in [-0.39, 0.29) is 18.7 Å². The molecule has 0 unspecified atom stereocenters. The minimum absolute atomic E-state index is 0.113. The number of hydrogen-bond acceptors (Lipinski definition) is 4. The van der Waals surface area contributed by atoms with Gasteiger partial charge < -0.3 is 14.8 Å². The Morgan fingerprint density at radius 3 is 2.93 bits per heavy atom. The molecule has 1 N–H and O–H groups in total. The molecule has 15 heavy (non-hydrogen) atoms. The molecule has 1 saturated carbocycles. The van der Waals surface area contributed by atoms with Crippen LogP contribution in [0.15, 0.2) is 0 Å². The van der Waals surface area contributed by atoms with E-state index in [1.165, 1.54) is 6.42 Å². The first kappa shape index (κ1) is 10.9. The summed E-state index contributed by atoms with van der Waals surface area (Å²) in [5.74, 6) is -0.247. The van der Waals surface area contributed by atoms with Gasteiger partial charge in [-0.15, -0.1) is 0 Å². The van der Waals surface area contributed by atoms with Crippen molar-refractivity contribution in [2.24, 2.45) is 5.41 Å². The number of carbonyl (C=O) groups is 1. The number of hydrogen-bond donors (Lipinski definition) is 1. The Hall–Kier alpha value is -0.610. The van der Waals surface area contributed by atoms with E-state index in [2.05, 4.69) is 5.32 Å². The van der Waals surface area contributed by atoms with Crippen LogP contribution in [0.25, 0.3) is 0 Å². The summed E-state index contributed by atoms with van der Waals surface area (Å²) in [4.78, 5) is 11.0. The van der Waals surface area contributed by atoms with Crippen molar-refractivity contribution < 1.29 is 14.3 Å². The van der Waals surface area contributed by atoms with Crippen LogP contribution in [0.2, 0.25) is 0 Å². The summed E-state index contributed by atoms with van der Waals surface area (Å²) in [6, 6.07) is 0. The smallest absolute Gasteiger partial charge is 0.332 e. The molecule has 4 heteroatoms. The minimum atomic E-state index is -0.247. The summed E-state index contributed by atoms with van der Waals surface area (Å²) in [6.45, 7) is 4.60. The zero-order valence-electron chi connectivity index (χ0n) is 9.25. The van der Waals surface area contributed by atoms with Gasteiger partial charge >= 0.3 is 5.97 Å². The molecule has 1 aliphatic carbocycles. The molecular weight excluding hydrogens is 194 g/mol. The quantitative estimate of drug-likeness (QED) is 0.699. The summed E-state index contributed by atoms with van der Waals surface area (Å²) in [6.07, 6.45) is 3.72. The molecule has 0 aromatic carbocycles. The highest BCUT2D eigenvalue weighted by molar-refractivity contribution is 5.70. The molecular formula is C11H19NO3. The van der Waals surface area contributed by atoms with E-state index in [0.29, 0.717) is 12.0 Å². The summed E-state index contributed by atoms with van der Waals surface area (Å²) in [5, 5.41) is 3.37. The number of carbonyl (C=O) groups excluding carboxylic acids is 1. The first-order valence-electron chi connectivity index (χ1n) is 5.72. The van der Waals surface area contributed by atoms with E-state index < -0.39 is 0 Å². The third-order valence-electron chi connectivity index (χ3n) is 3.40. The van der Waals surface area contributed by atoms with E-state index >= 15 is 0 Å². The van der Waals surface area contributed by atoms with Gasteiger partial charge in [-0.2, -0.15) is 0 Å². The second-order valence-corrected chi connectivity index (χ2v) is 4.57.